The van der Waals surface area contributed by atoms with Crippen LogP contribution in [0.2, 0.25) is 0 Å². The zero-order valence-corrected chi connectivity index (χ0v) is 21.7. The Kier molecular flexibility index (Phi) is 6.52. The Balaban J connectivity index is 1.14. The van der Waals surface area contributed by atoms with Gasteiger partial charge in [0.25, 0.3) is 5.91 Å². The average Bonchev–Trinajstić information content (AvgIpc) is 3.39. The van der Waals surface area contributed by atoms with Crippen LogP contribution >= 0.6 is 11.3 Å². The summed E-state index contributed by atoms with van der Waals surface area (Å²) in [6.07, 6.45) is 1.67. The van der Waals surface area contributed by atoms with Crippen LogP contribution in [0.25, 0.3) is 43.1 Å². The highest BCUT2D eigenvalue weighted by atomic mass is 32.1. The van der Waals surface area contributed by atoms with Gasteiger partial charge in [-0.25, -0.2) is 14.8 Å². The molecule has 0 unspecified atom stereocenters. The second-order valence-corrected chi connectivity index (χ2v) is 10.0. The first-order valence-electron chi connectivity index (χ1n) is 12.3. The molecule has 0 aliphatic heterocycles. The second kappa shape index (κ2) is 10.4. The van der Waals surface area contributed by atoms with Crippen LogP contribution in [0.15, 0.2) is 97.2 Å². The maximum atomic E-state index is 13.0. The minimum absolute atomic E-state index is 0.324. The molecule has 0 aliphatic rings. The van der Waals surface area contributed by atoms with Gasteiger partial charge in [0.2, 0.25) is 0 Å². The lowest BCUT2D eigenvalue weighted by Crippen LogP contribution is -2.21. The van der Waals surface area contributed by atoms with Crippen LogP contribution in [0.1, 0.15) is 15.9 Å². The summed E-state index contributed by atoms with van der Waals surface area (Å²) < 4.78 is 6.53. The number of aryl methyl sites for hydroxylation is 1. The number of fused-ring (bicyclic) bond motifs is 2. The number of anilines is 1. The van der Waals surface area contributed by atoms with Crippen LogP contribution in [0.3, 0.4) is 0 Å². The average molecular weight is 531 g/mol. The number of nitrogens with zero attached hydrogens (tertiary/aromatic N) is 3. The maximum Gasteiger partial charge on any atom is 0.339 e. The van der Waals surface area contributed by atoms with Crippen LogP contribution in [0, 0.1) is 6.92 Å². The van der Waals surface area contributed by atoms with Crippen LogP contribution in [-0.2, 0) is 9.53 Å². The molecule has 6 rings (SSSR count). The molecule has 190 valence electrons. The Morgan fingerprint density at radius 2 is 1.67 bits per heavy atom. The van der Waals surface area contributed by atoms with Crippen molar-refractivity contribution in [3.05, 3.63) is 108 Å². The highest BCUT2D eigenvalue weighted by Crippen LogP contribution is 2.31. The molecule has 3 aromatic heterocycles. The SMILES string of the molecule is Cc1ccc2nc(-c3ccc(NC(=O)COC(=O)c4cc(-c5ccccn5)nc5ccccc45)cc3)sc2c1. The fourth-order valence-electron chi connectivity index (χ4n) is 4.25. The Morgan fingerprint density at radius 1 is 0.846 bits per heavy atom. The van der Waals surface area contributed by atoms with Crippen molar-refractivity contribution in [2.45, 2.75) is 6.92 Å². The van der Waals surface area contributed by atoms with E-state index in [2.05, 4.69) is 28.3 Å². The lowest BCUT2D eigenvalue weighted by Gasteiger charge is -2.10. The van der Waals surface area contributed by atoms with E-state index in [0.29, 0.717) is 33.5 Å². The third-order valence-corrected chi connectivity index (χ3v) is 7.22. The molecule has 0 aliphatic carbocycles. The summed E-state index contributed by atoms with van der Waals surface area (Å²) in [4.78, 5) is 39.3. The third kappa shape index (κ3) is 5.23. The number of ether oxygens (including phenoxy) is 1. The highest BCUT2D eigenvalue weighted by Gasteiger charge is 2.17. The molecule has 0 radical (unpaired) electrons. The normalized spacial score (nSPS) is 11.0. The number of aromatic nitrogens is 3. The van der Waals surface area contributed by atoms with Crippen molar-refractivity contribution < 1.29 is 14.3 Å². The van der Waals surface area contributed by atoms with Crippen LogP contribution in [-0.4, -0.2) is 33.4 Å². The van der Waals surface area contributed by atoms with E-state index >= 15 is 0 Å². The molecule has 7 nitrogen and oxygen atoms in total. The van der Waals surface area contributed by atoms with Gasteiger partial charge in [-0.1, -0.05) is 30.3 Å². The van der Waals surface area contributed by atoms with Crippen molar-refractivity contribution in [2.24, 2.45) is 0 Å². The van der Waals surface area contributed by atoms with E-state index in [9.17, 15) is 9.59 Å². The standard InChI is InChI=1S/C31H22N4O3S/c1-19-9-14-26-28(16-19)39-30(35-26)20-10-12-21(13-11-20)33-29(36)18-38-31(37)23-17-27(25-8-4-5-15-32-25)34-24-7-3-2-6-22(23)24/h2-17H,18H2,1H3,(H,33,36). The topological polar surface area (TPSA) is 94.1 Å². The van der Waals surface area contributed by atoms with Gasteiger partial charge in [-0.05, 0) is 73.2 Å². The Bertz CT molecular complexity index is 1830. The maximum absolute atomic E-state index is 13.0. The molecule has 3 heterocycles. The van der Waals surface area contributed by atoms with E-state index in [1.165, 1.54) is 5.56 Å². The van der Waals surface area contributed by atoms with Gasteiger partial charge >= 0.3 is 5.97 Å². The molecule has 39 heavy (non-hydrogen) atoms. The molecular weight excluding hydrogens is 508 g/mol. The number of carbonyl (C=O) groups excluding carboxylic acids is 2. The Morgan fingerprint density at radius 3 is 2.49 bits per heavy atom. The van der Waals surface area contributed by atoms with Gasteiger partial charge in [0, 0.05) is 22.8 Å². The summed E-state index contributed by atoms with van der Waals surface area (Å²) in [5.74, 6) is -1.04. The van der Waals surface area contributed by atoms with Crippen LogP contribution in [0.5, 0.6) is 0 Å². The lowest BCUT2D eigenvalue weighted by atomic mass is 10.1. The van der Waals surface area contributed by atoms with Gasteiger partial charge in [0.15, 0.2) is 6.61 Å². The van der Waals surface area contributed by atoms with Crippen LogP contribution in [0.4, 0.5) is 5.69 Å². The fraction of sp³-hybridized carbons (Fsp3) is 0.0645. The number of rotatable bonds is 6. The van der Waals surface area contributed by atoms with Gasteiger partial charge in [0.05, 0.1) is 32.7 Å². The van der Waals surface area contributed by atoms with E-state index < -0.39 is 18.5 Å². The molecule has 1 N–H and O–H groups in total. The zero-order valence-electron chi connectivity index (χ0n) is 20.9. The molecule has 8 heteroatoms. The van der Waals surface area contributed by atoms with Gasteiger partial charge in [-0.15, -0.1) is 11.3 Å². The molecule has 0 spiro atoms. The molecule has 6 aromatic rings. The van der Waals surface area contributed by atoms with Crippen molar-refractivity contribution in [2.75, 3.05) is 11.9 Å². The number of thiazole rings is 1. The summed E-state index contributed by atoms with van der Waals surface area (Å²) in [5.41, 5.74) is 5.88. The van der Waals surface area contributed by atoms with Crippen molar-refractivity contribution >= 4 is 50.0 Å². The number of amides is 1. The smallest absolute Gasteiger partial charge is 0.339 e. The number of pyridine rings is 2. The predicted molar refractivity (Wildman–Crippen MR) is 154 cm³/mol. The largest absolute Gasteiger partial charge is 0.452 e. The van der Waals surface area contributed by atoms with E-state index in [1.54, 1.807) is 29.7 Å². The molecule has 1 amide bonds. The van der Waals surface area contributed by atoms with E-state index in [0.717, 1.165) is 20.8 Å². The quantitative estimate of drug-likeness (QED) is 0.242. The number of carbonyl (C=O) groups is 2. The molecule has 0 fully saturated rings. The molecule has 0 saturated heterocycles. The summed E-state index contributed by atoms with van der Waals surface area (Å²) in [6, 6.07) is 28.1. The van der Waals surface area contributed by atoms with Gasteiger partial charge in [0.1, 0.15) is 5.01 Å². The van der Waals surface area contributed by atoms with Gasteiger partial charge in [-0.3, -0.25) is 9.78 Å². The third-order valence-electron chi connectivity index (χ3n) is 6.16. The molecule has 0 bridgehead atoms. The number of esters is 1. The van der Waals surface area contributed by atoms with Gasteiger partial charge in [-0.2, -0.15) is 0 Å². The van der Waals surface area contributed by atoms with Gasteiger partial charge < -0.3 is 10.1 Å². The van der Waals surface area contributed by atoms with Crippen molar-refractivity contribution in [1.29, 1.82) is 0 Å². The van der Waals surface area contributed by atoms with E-state index in [-0.39, 0.29) is 0 Å². The van der Waals surface area contributed by atoms with Crippen molar-refractivity contribution in [1.82, 2.24) is 15.0 Å². The highest BCUT2D eigenvalue weighted by molar-refractivity contribution is 7.21. The second-order valence-electron chi connectivity index (χ2n) is 8.98. The number of hydrogen-bond donors (Lipinski definition) is 1. The first-order chi connectivity index (χ1) is 19.0. The summed E-state index contributed by atoms with van der Waals surface area (Å²) in [6.45, 7) is 1.64. The van der Waals surface area contributed by atoms with Crippen LogP contribution < -0.4 is 5.32 Å². The molecule has 0 saturated carbocycles. The van der Waals surface area contributed by atoms with E-state index in [4.69, 9.17) is 9.72 Å². The number of hydrogen-bond acceptors (Lipinski definition) is 7. The number of nitrogens with one attached hydrogen (secondary N) is 1. The Labute approximate surface area is 228 Å². The number of benzene rings is 3. The molecular formula is C31H22N4O3S. The zero-order chi connectivity index (χ0) is 26.8. The Hall–Kier alpha value is -4.95. The summed E-state index contributed by atoms with van der Waals surface area (Å²) in [7, 11) is 0. The lowest BCUT2D eigenvalue weighted by molar-refractivity contribution is -0.119. The van der Waals surface area contributed by atoms with Crippen molar-refractivity contribution in [3.63, 3.8) is 0 Å². The summed E-state index contributed by atoms with van der Waals surface area (Å²) >= 11 is 1.63. The van der Waals surface area contributed by atoms with Crippen molar-refractivity contribution in [3.8, 4) is 22.0 Å². The van der Waals surface area contributed by atoms with E-state index in [1.807, 2.05) is 72.8 Å². The minimum atomic E-state index is -0.609. The first-order valence-corrected chi connectivity index (χ1v) is 13.1. The molecule has 3 aromatic carbocycles. The number of para-hydroxylation sites is 1. The minimum Gasteiger partial charge on any atom is -0.452 e. The monoisotopic (exact) mass is 530 g/mol. The first kappa shape index (κ1) is 24.4. The summed E-state index contributed by atoms with van der Waals surface area (Å²) in [5, 5.41) is 4.34. The molecule has 0 atom stereocenters. The predicted octanol–water partition coefficient (Wildman–Crippen LogP) is 6.68. The fourth-order valence-corrected chi connectivity index (χ4v) is 5.32.